The largest absolute Gasteiger partial charge is 0.393 e. The van der Waals surface area contributed by atoms with Crippen molar-refractivity contribution < 1.29 is 13.9 Å². The quantitative estimate of drug-likeness (QED) is 0.674. The fraction of sp³-hybridized carbons (Fsp3) is 1.00. The molecule has 4 heteroatoms. The van der Waals surface area contributed by atoms with Gasteiger partial charge in [-0.25, -0.2) is 8.78 Å². The minimum Gasteiger partial charge on any atom is -0.393 e. The smallest absolute Gasteiger partial charge is 0.272 e. The third-order valence-electron chi connectivity index (χ3n) is 3.00. The van der Waals surface area contributed by atoms with E-state index in [9.17, 15) is 13.9 Å². The predicted molar refractivity (Wildman–Crippen MR) is 44.8 cm³/mol. The summed E-state index contributed by atoms with van der Waals surface area (Å²) < 4.78 is 25.1. The molecule has 1 aliphatic heterocycles. The zero-order valence-electron chi connectivity index (χ0n) is 7.55. The summed E-state index contributed by atoms with van der Waals surface area (Å²) >= 11 is 0. The van der Waals surface area contributed by atoms with E-state index in [4.69, 9.17) is 0 Å². The van der Waals surface area contributed by atoms with Gasteiger partial charge in [-0.05, 0) is 25.7 Å². The maximum Gasteiger partial charge on any atom is 0.272 e. The standard InChI is InChI=1S/C9H15F2NO/c10-9(11)5-12(6-9)7-2-1-3-8(13)4-7/h7-8,13H,1-6H2. The molecule has 2 fully saturated rings. The van der Waals surface area contributed by atoms with E-state index >= 15 is 0 Å². The molecule has 1 saturated heterocycles. The van der Waals surface area contributed by atoms with Crippen molar-refractivity contribution in [3.8, 4) is 0 Å². The summed E-state index contributed by atoms with van der Waals surface area (Å²) in [6.45, 7) is -0.214. The van der Waals surface area contributed by atoms with Gasteiger partial charge in [-0.3, -0.25) is 4.90 Å². The van der Waals surface area contributed by atoms with Gasteiger partial charge >= 0.3 is 0 Å². The molecule has 2 aliphatic rings. The van der Waals surface area contributed by atoms with Gasteiger partial charge < -0.3 is 5.11 Å². The molecule has 2 rings (SSSR count). The van der Waals surface area contributed by atoms with E-state index in [0.29, 0.717) is 6.42 Å². The van der Waals surface area contributed by atoms with Crippen molar-refractivity contribution in [1.29, 1.82) is 0 Å². The van der Waals surface area contributed by atoms with Crippen LogP contribution in [0, 0.1) is 0 Å². The van der Waals surface area contributed by atoms with Gasteiger partial charge in [0.05, 0.1) is 19.2 Å². The summed E-state index contributed by atoms with van der Waals surface area (Å²) in [6, 6.07) is 0.198. The molecule has 0 aromatic carbocycles. The van der Waals surface area contributed by atoms with Crippen LogP contribution in [0.4, 0.5) is 8.78 Å². The first-order valence-corrected chi connectivity index (χ1v) is 4.87. The first kappa shape index (κ1) is 9.34. The van der Waals surface area contributed by atoms with Gasteiger partial charge in [-0.1, -0.05) is 0 Å². The average molecular weight is 191 g/mol. The van der Waals surface area contributed by atoms with E-state index in [1.54, 1.807) is 4.90 Å². The molecule has 0 radical (unpaired) electrons. The molecule has 0 bridgehead atoms. The Labute approximate surface area is 76.5 Å². The van der Waals surface area contributed by atoms with Crippen LogP contribution in [0.3, 0.4) is 0 Å². The number of hydrogen-bond acceptors (Lipinski definition) is 2. The zero-order valence-corrected chi connectivity index (χ0v) is 7.55. The molecule has 0 aromatic rings. The molecular formula is C9H15F2NO. The monoisotopic (exact) mass is 191 g/mol. The summed E-state index contributed by atoms with van der Waals surface area (Å²) in [4.78, 5) is 1.79. The molecule has 1 N–H and O–H groups in total. The maximum absolute atomic E-state index is 12.5. The predicted octanol–water partition coefficient (Wildman–Crippen LogP) is 1.24. The Morgan fingerprint density at radius 3 is 2.46 bits per heavy atom. The van der Waals surface area contributed by atoms with E-state index in [2.05, 4.69) is 0 Å². The van der Waals surface area contributed by atoms with Crippen LogP contribution in [-0.2, 0) is 0 Å². The van der Waals surface area contributed by atoms with Crippen molar-refractivity contribution in [3.05, 3.63) is 0 Å². The molecule has 0 aromatic heterocycles. The number of likely N-dealkylation sites (tertiary alicyclic amines) is 1. The number of hydrogen-bond donors (Lipinski definition) is 1. The second-order valence-corrected chi connectivity index (χ2v) is 4.24. The average Bonchev–Trinajstić information content (AvgIpc) is 2.00. The van der Waals surface area contributed by atoms with E-state index in [1.807, 2.05) is 0 Å². The van der Waals surface area contributed by atoms with Crippen molar-refractivity contribution in [2.75, 3.05) is 13.1 Å². The van der Waals surface area contributed by atoms with Crippen molar-refractivity contribution in [3.63, 3.8) is 0 Å². The highest BCUT2D eigenvalue weighted by molar-refractivity contribution is 4.93. The molecule has 1 heterocycles. The summed E-state index contributed by atoms with van der Waals surface area (Å²) in [5.74, 6) is -2.47. The molecule has 2 nitrogen and oxygen atoms in total. The van der Waals surface area contributed by atoms with E-state index < -0.39 is 5.92 Å². The fourth-order valence-corrected chi connectivity index (χ4v) is 2.28. The minimum absolute atomic E-state index is 0.107. The maximum atomic E-state index is 12.5. The van der Waals surface area contributed by atoms with Crippen LogP contribution in [0.2, 0.25) is 0 Å². The molecular weight excluding hydrogens is 176 g/mol. The van der Waals surface area contributed by atoms with Gasteiger partial charge in [-0.2, -0.15) is 0 Å². The summed E-state index contributed by atoms with van der Waals surface area (Å²) in [5.41, 5.74) is 0. The molecule has 1 aliphatic carbocycles. The van der Waals surface area contributed by atoms with Gasteiger partial charge in [0.1, 0.15) is 0 Å². The van der Waals surface area contributed by atoms with E-state index in [-0.39, 0.29) is 25.2 Å². The lowest BCUT2D eigenvalue weighted by molar-refractivity contribution is -0.154. The molecule has 13 heavy (non-hydrogen) atoms. The van der Waals surface area contributed by atoms with Crippen LogP contribution in [0.25, 0.3) is 0 Å². The third kappa shape index (κ3) is 1.99. The van der Waals surface area contributed by atoms with Crippen molar-refractivity contribution in [2.45, 2.75) is 43.8 Å². The lowest BCUT2D eigenvalue weighted by Gasteiger charge is -2.45. The Morgan fingerprint density at radius 2 is 1.92 bits per heavy atom. The molecule has 0 amide bonds. The minimum atomic E-state index is -2.47. The Kier molecular flexibility index (Phi) is 2.28. The Bertz CT molecular complexity index is 190. The van der Waals surface area contributed by atoms with Gasteiger partial charge in [0, 0.05) is 6.04 Å². The Balaban J connectivity index is 1.82. The third-order valence-corrected chi connectivity index (χ3v) is 3.00. The number of aliphatic hydroxyl groups is 1. The van der Waals surface area contributed by atoms with Crippen LogP contribution in [0.15, 0.2) is 0 Å². The molecule has 76 valence electrons. The van der Waals surface area contributed by atoms with Gasteiger partial charge in [0.15, 0.2) is 0 Å². The number of rotatable bonds is 1. The van der Waals surface area contributed by atoms with E-state index in [0.717, 1.165) is 19.3 Å². The summed E-state index contributed by atoms with van der Waals surface area (Å²) in [5, 5.41) is 9.36. The van der Waals surface area contributed by atoms with Crippen molar-refractivity contribution in [1.82, 2.24) is 4.90 Å². The van der Waals surface area contributed by atoms with Crippen molar-refractivity contribution >= 4 is 0 Å². The van der Waals surface area contributed by atoms with E-state index in [1.165, 1.54) is 0 Å². The van der Waals surface area contributed by atoms with Gasteiger partial charge in [0.25, 0.3) is 5.92 Å². The second-order valence-electron chi connectivity index (χ2n) is 4.24. The number of halogens is 2. The number of aliphatic hydroxyl groups excluding tert-OH is 1. The topological polar surface area (TPSA) is 23.5 Å². The highest BCUT2D eigenvalue weighted by atomic mass is 19.3. The SMILES string of the molecule is OC1CCCC(N2CC(F)(F)C2)C1. The van der Waals surface area contributed by atoms with Crippen LogP contribution < -0.4 is 0 Å². The lowest BCUT2D eigenvalue weighted by Crippen LogP contribution is -2.60. The first-order valence-electron chi connectivity index (χ1n) is 4.87. The first-order chi connectivity index (χ1) is 6.07. The molecule has 0 spiro atoms. The number of alkyl halides is 2. The van der Waals surface area contributed by atoms with Crippen molar-refractivity contribution in [2.24, 2.45) is 0 Å². The van der Waals surface area contributed by atoms with Gasteiger partial charge in [0.2, 0.25) is 0 Å². The van der Waals surface area contributed by atoms with Crippen LogP contribution in [0.5, 0.6) is 0 Å². The molecule has 2 atom stereocenters. The Morgan fingerprint density at radius 1 is 1.23 bits per heavy atom. The zero-order chi connectivity index (χ0) is 9.47. The van der Waals surface area contributed by atoms with Gasteiger partial charge in [-0.15, -0.1) is 0 Å². The molecule has 2 unspecified atom stereocenters. The molecule has 1 saturated carbocycles. The Hall–Kier alpha value is -0.220. The number of nitrogens with zero attached hydrogens (tertiary/aromatic N) is 1. The fourth-order valence-electron chi connectivity index (χ4n) is 2.28. The summed E-state index contributed by atoms with van der Waals surface area (Å²) in [6.07, 6.45) is 3.17. The highest BCUT2D eigenvalue weighted by Gasteiger charge is 2.47. The lowest BCUT2D eigenvalue weighted by atomic mass is 9.89. The highest BCUT2D eigenvalue weighted by Crippen LogP contribution is 2.33. The van der Waals surface area contributed by atoms with Crippen LogP contribution >= 0.6 is 0 Å². The second kappa shape index (κ2) is 3.17. The summed E-state index contributed by atoms with van der Waals surface area (Å²) in [7, 11) is 0. The van der Waals surface area contributed by atoms with Crippen LogP contribution in [0.1, 0.15) is 25.7 Å². The van der Waals surface area contributed by atoms with Crippen LogP contribution in [-0.4, -0.2) is 41.2 Å². The normalized spacial score (nSPS) is 39.9.